The number of nitriles is 2. The van der Waals surface area contributed by atoms with Gasteiger partial charge in [0.1, 0.15) is 6.07 Å². The second-order valence-corrected chi connectivity index (χ2v) is 5.67. The molecule has 1 aromatic rings. The van der Waals surface area contributed by atoms with Gasteiger partial charge < -0.3 is 4.74 Å². The van der Waals surface area contributed by atoms with Crippen molar-refractivity contribution in [1.29, 1.82) is 10.5 Å². The topological polar surface area (TPSA) is 56.8 Å². The molecule has 0 saturated heterocycles. The van der Waals surface area contributed by atoms with Gasteiger partial charge in [0.15, 0.2) is 5.83 Å². The van der Waals surface area contributed by atoms with Gasteiger partial charge in [-0.2, -0.15) is 14.9 Å². The van der Waals surface area contributed by atoms with Crippen LogP contribution >= 0.6 is 0 Å². The monoisotopic (exact) mass is 310 g/mol. The molecule has 0 unspecified atom stereocenters. The minimum absolute atomic E-state index is 0.252. The maximum absolute atomic E-state index is 12.7. The summed E-state index contributed by atoms with van der Waals surface area (Å²) in [5.41, 5.74) is 1.73. The van der Waals surface area contributed by atoms with E-state index in [1.54, 1.807) is 18.2 Å². The van der Waals surface area contributed by atoms with Crippen LogP contribution in [0, 0.1) is 28.6 Å². The third-order valence-electron chi connectivity index (χ3n) is 4.02. The average molecular weight is 310 g/mol. The number of rotatable bonds is 5. The second-order valence-electron chi connectivity index (χ2n) is 5.67. The Morgan fingerprint density at radius 1 is 1.17 bits per heavy atom. The number of ether oxygens (including phenoxy) is 1. The molecule has 23 heavy (non-hydrogen) atoms. The van der Waals surface area contributed by atoms with Gasteiger partial charge in [0.05, 0.1) is 24.3 Å². The molecule has 0 radical (unpaired) electrons. The summed E-state index contributed by atoms with van der Waals surface area (Å²) in [6.07, 6.45) is 9.03. The molecule has 0 aliphatic heterocycles. The van der Waals surface area contributed by atoms with Crippen molar-refractivity contribution in [2.24, 2.45) is 5.92 Å². The van der Waals surface area contributed by atoms with Gasteiger partial charge >= 0.3 is 0 Å². The summed E-state index contributed by atoms with van der Waals surface area (Å²) in [5, 5.41) is 17.1. The second kappa shape index (κ2) is 8.88. The van der Waals surface area contributed by atoms with Gasteiger partial charge in [0.25, 0.3) is 0 Å². The van der Waals surface area contributed by atoms with Crippen molar-refractivity contribution in [2.45, 2.75) is 38.4 Å². The number of halogens is 1. The summed E-state index contributed by atoms with van der Waals surface area (Å²) in [6, 6.07) is 11.0. The van der Waals surface area contributed by atoms with Gasteiger partial charge in [0.2, 0.25) is 0 Å². The Hall–Kier alpha value is -2.43. The van der Waals surface area contributed by atoms with Crippen LogP contribution in [0.4, 0.5) is 4.39 Å². The minimum Gasteiger partial charge on any atom is -0.374 e. The van der Waals surface area contributed by atoms with Crippen molar-refractivity contribution in [3.63, 3.8) is 0 Å². The lowest BCUT2D eigenvalue weighted by molar-refractivity contribution is 0.0110. The third-order valence-corrected chi connectivity index (χ3v) is 4.02. The molecule has 0 aromatic heterocycles. The molecular formula is C19H19FN2O. The van der Waals surface area contributed by atoms with E-state index in [1.165, 1.54) is 12.1 Å². The molecule has 1 aliphatic rings. The summed E-state index contributed by atoms with van der Waals surface area (Å²) >= 11 is 0. The zero-order valence-corrected chi connectivity index (χ0v) is 12.9. The number of hydrogen-bond acceptors (Lipinski definition) is 3. The van der Waals surface area contributed by atoms with Crippen LogP contribution in [0.1, 0.15) is 36.8 Å². The molecule has 118 valence electrons. The highest BCUT2D eigenvalue weighted by Gasteiger charge is 2.19. The highest BCUT2D eigenvalue weighted by molar-refractivity contribution is 5.31. The fourth-order valence-corrected chi connectivity index (χ4v) is 2.67. The van der Waals surface area contributed by atoms with Crippen molar-refractivity contribution in [1.82, 2.24) is 0 Å². The van der Waals surface area contributed by atoms with Crippen LogP contribution in [-0.2, 0) is 11.3 Å². The normalized spacial score (nSPS) is 21.8. The first-order valence-electron chi connectivity index (χ1n) is 7.76. The zero-order chi connectivity index (χ0) is 16.5. The largest absolute Gasteiger partial charge is 0.374 e. The van der Waals surface area contributed by atoms with Gasteiger partial charge in [-0.05, 0) is 55.4 Å². The predicted molar refractivity (Wildman–Crippen MR) is 85.6 cm³/mol. The van der Waals surface area contributed by atoms with Gasteiger partial charge in [-0.25, -0.2) is 0 Å². The molecule has 1 fully saturated rings. The van der Waals surface area contributed by atoms with E-state index < -0.39 is 5.83 Å². The molecule has 0 amide bonds. The first-order valence-corrected chi connectivity index (χ1v) is 7.76. The lowest BCUT2D eigenvalue weighted by atomic mass is 9.87. The number of allylic oxidation sites excluding steroid dienone is 4. The summed E-state index contributed by atoms with van der Waals surface area (Å²) in [4.78, 5) is 0. The van der Waals surface area contributed by atoms with Crippen molar-refractivity contribution in [3.05, 3.63) is 59.4 Å². The molecule has 4 heteroatoms. The van der Waals surface area contributed by atoms with Crippen molar-refractivity contribution < 1.29 is 9.13 Å². The molecule has 0 spiro atoms. The van der Waals surface area contributed by atoms with Crippen molar-refractivity contribution in [2.75, 3.05) is 0 Å². The van der Waals surface area contributed by atoms with E-state index in [1.807, 2.05) is 18.2 Å². The van der Waals surface area contributed by atoms with Crippen LogP contribution in [0.5, 0.6) is 0 Å². The van der Waals surface area contributed by atoms with Crippen molar-refractivity contribution >= 4 is 0 Å². The molecule has 1 aliphatic carbocycles. The molecule has 1 saturated carbocycles. The van der Waals surface area contributed by atoms with Gasteiger partial charge in [0, 0.05) is 0 Å². The van der Waals surface area contributed by atoms with E-state index in [2.05, 4.69) is 6.07 Å². The molecule has 0 heterocycles. The van der Waals surface area contributed by atoms with Gasteiger partial charge in [-0.15, -0.1) is 0 Å². The highest BCUT2D eigenvalue weighted by atomic mass is 19.1. The predicted octanol–water partition coefficient (Wildman–Crippen LogP) is 4.57. The van der Waals surface area contributed by atoms with E-state index in [0.29, 0.717) is 18.1 Å². The maximum Gasteiger partial charge on any atom is 0.199 e. The van der Waals surface area contributed by atoms with Crippen LogP contribution in [0.15, 0.2) is 48.3 Å². The molecule has 0 atom stereocenters. The number of benzene rings is 1. The van der Waals surface area contributed by atoms with Crippen molar-refractivity contribution in [3.8, 4) is 12.1 Å². The quantitative estimate of drug-likeness (QED) is 0.591. The fourth-order valence-electron chi connectivity index (χ4n) is 2.67. The Kier molecular flexibility index (Phi) is 6.54. The zero-order valence-electron chi connectivity index (χ0n) is 12.9. The van der Waals surface area contributed by atoms with Crippen LogP contribution < -0.4 is 0 Å². The molecule has 0 bridgehead atoms. The third kappa shape index (κ3) is 5.70. The molecule has 2 rings (SSSR count). The van der Waals surface area contributed by atoms with E-state index in [9.17, 15) is 4.39 Å². The fraction of sp³-hybridized carbons (Fsp3) is 0.368. The van der Waals surface area contributed by atoms with E-state index in [0.717, 1.165) is 31.2 Å². The smallest absolute Gasteiger partial charge is 0.199 e. The lowest BCUT2D eigenvalue weighted by Crippen LogP contribution is -2.20. The number of nitrogens with zero attached hydrogens (tertiary/aromatic N) is 2. The van der Waals surface area contributed by atoms with Crippen LogP contribution in [0.25, 0.3) is 0 Å². The van der Waals surface area contributed by atoms with Crippen LogP contribution in [-0.4, -0.2) is 6.10 Å². The molecule has 0 N–H and O–H groups in total. The Morgan fingerprint density at radius 3 is 2.48 bits per heavy atom. The summed E-state index contributed by atoms with van der Waals surface area (Å²) in [5.74, 6) is -0.340. The Bertz CT molecular complexity index is 641. The average Bonchev–Trinajstić information content (AvgIpc) is 2.61. The lowest BCUT2D eigenvalue weighted by Gasteiger charge is -2.26. The van der Waals surface area contributed by atoms with E-state index in [4.69, 9.17) is 15.3 Å². The minimum atomic E-state index is -0.763. The highest BCUT2D eigenvalue weighted by Crippen LogP contribution is 2.27. The van der Waals surface area contributed by atoms with Crippen LogP contribution in [0.2, 0.25) is 0 Å². The van der Waals surface area contributed by atoms with Gasteiger partial charge in [-0.1, -0.05) is 24.3 Å². The van der Waals surface area contributed by atoms with E-state index >= 15 is 0 Å². The SMILES string of the molecule is N#CC(F)=CC=C[C@H]1CC[C@H](OCc2ccc(C#N)cc2)CC1. The standard InChI is InChI=1S/C19H19FN2O/c20-18(13-22)3-1-2-15-8-10-19(11-9-15)23-14-17-6-4-16(12-21)5-7-17/h1-7,15,19H,8-11,14H2/t15-,19-. The molecule has 1 aromatic carbocycles. The van der Waals surface area contributed by atoms with Gasteiger partial charge in [-0.3, -0.25) is 0 Å². The first kappa shape index (κ1) is 16.9. The summed E-state index contributed by atoms with van der Waals surface area (Å²) in [7, 11) is 0. The van der Waals surface area contributed by atoms with Crippen LogP contribution in [0.3, 0.4) is 0 Å². The molecular weight excluding hydrogens is 291 g/mol. The summed E-state index contributed by atoms with van der Waals surface area (Å²) in [6.45, 7) is 0.562. The summed E-state index contributed by atoms with van der Waals surface area (Å²) < 4.78 is 18.6. The maximum atomic E-state index is 12.7. The number of hydrogen-bond donors (Lipinski definition) is 0. The Labute approximate surface area is 136 Å². The first-order chi connectivity index (χ1) is 11.2. The Balaban J connectivity index is 1.72. The van der Waals surface area contributed by atoms with E-state index in [-0.39, 0.29) is 6.10 Å². The Morgan fingerprint density at radius 2 is 1.87 bits per heavy atom. The molecule has 3 nitrogen and oxygen atoms in total.